The molecule has 29 heavy (non-hydrogen) atoms. The van der Waals surface area contributed by atoms with Crippen LogP contribution in [-0.4, -0.2) is 69.7 Å². The number of ether oxygens (including phenoxy) is 1. The Hall–Kier alpha value is -2.09. The maximum Gasteiger partial charge on any atom is 0.328 e. The molecule has 7 aliphatic rings. The molecule has 2 bridgehead atoms. The first-order valence-corrected chi connectivity index (χ1v) is 11.1. The summed E-state index contributed by atoms with van der Waals surface area (Å²) < 4.78 is 11.4. The van der Waals surface area contributed by atoms with Crippen molar-refractivity contribution < 1.29 is 14.1 Å². The van der Waals surface area contributed by atoms with Gasteiger partial charge >= 0.3 is 6.01 Å². The second kappa shape index (κ2) is 5.53. The number of anilines is 1. The molecule has 154 valence electrons. The molecular formula is C21H27N5O3. The highest BCUT2D eigenvalue weighted by Crippen LogP contribution is 2.57. The van der Waals surface area contributed by atoms with Crippen LogP contribution in [-0.2, 0) is 9.53 Å². The first kappa shape index (κ1) is 16.7. The molecule has 1 aromatic heterocycles. The molecule has 1 amide bonds. The number of aryl methyl sites for hydroxylation is 1. The number of rotatable bonds is 3. The quantitative estimate of drug-likeness (QED) is 0.766. The summed E-state index contributed by atoms with van der Waals surface area (Å²) in [6, 6.07) is 1.10. The van der Waals surface area contributed by atoms with E-state index in [1.807, 2.05) is 13.1 Å². The Kier molecular flexibility index (Phi) is 3.18. The van der Waals surface area contributed by atoms with Gasteiger partial charge in [0.25, 0.3) is 0 Å². The fourth-order valence-corrected chi connectivity index (χ4v) is 6.57. The van der Waals surface area contributed by atoms with E-state index in [0.29, 0.717) is 42.2 Å². The smallest absolute Gasteiger partial charge is 0.328 e. The maximum atomic E-state index is 13.1. The van der Waals surface area contributed by atoms with Gasteiger partial charge in [-0.3, -0.25) is 14.6 Å². The molecule has 0 aromatic carbocycles. The largest absolute Gasteiger partial charge is 0.493 e. The molecule has 8 heteroatoms. The SMILES string of the molecule is Cc1noc(N2C=C3OCC2CC3N2C[C@@H]3[C@H](C2)[C@H]3C(=O)N2CCC23CCC3)n1. The number of nitrogens with zero attached hydrogens (tertiary/aromatic N) is 5. The van der Waals surface area contributed by atoms with E-state index in [-0.39, 0.29) is 17.5 Å². The van der Waals surface area contributed by atoms with Crippen molar-refractivity contribution in [3.8, 4) is 0 Å². The van der Waals surface area contributed by atoms with Gasteiger partial charge in [0.2, 0.25) is 5.91 Å². The predicted molar refractivity (Wildman–Crippen MR) is 103 cm³/mol. The third-order valence-corrected chi connectivity index (χ3v) is 8.54. The number of carbonyl (C=O) groups is 1. The van der Waals surface area contributed by atoms with Crippen LogP contribution < -0.4 is 4.90 Å². The Labute approximate surface area is 169 Å². The monoisotopic (exact) mass is 397 g/mol. The molecule has 5 fully saturated rings. The second-order valence-corrected chi connectivity index (χ2v) is 9.90. The molecule has 0 radical (unpaired) electrons. The van der Waals surface area contributed by atoms with Crippen molar-refractivity contribution >= 4 is 11.9 Å². The average Bonchev–Trinajstić information content (AvgIpc) is 2.99. The van der Waals surface area contributed by atoms with Crippen LogP contribution in [0.2, 0.25) is 0 Å². The number of carbonyl (C=O) groups excluding carboxylic acids is 1. The van der Waals surface area contributed by atoms with E-state index in [4.69, 9.17) is 9.26 Å². The Balaban J connectivity index is 1.02. The summed E-state index contributed by atoms with van der Waals surface area (Å²) in [5.74, 6) is 3.51. The summed E-state index contributed by atoms with van der Waals surface area (Å²) in [6.45, 7) is 5.55. The lowest BCUT2D eigenvalue weighted by atomic mass is 9.67. The highest BCUT2D eigenvalue weighted by atomic mass is 16.5. The zero-order valence-corrected chi connectivity index (χ0v) is 16.8. The highest BCUT2D eigenvalue weighted by molar-refractivity contribution is 5.84. The van der Waals surface area contributed by atoms with Gasteiger partial charge in [0.05, 0.1) is 12.1 Å². The van der Waals surface area contributed by atoms with Gasteiger partial charge in [-0.1, -0.05) is 5.16 Å². The maximum absolute atomic E-state index is 13.1. The van der Waals surface area contributed by atoms with E-state index >= 15 is 0 Å². The number of hydrogen-bond acceptors (Lipinski definition) is 7. The summed E-state index contributed by atoms with van der Waals surface area (Å²) in [7, 11) is 0. The van der Waals surface area contributed by atoms with Crippen LogP contribution in [0.5, 0.6) is 0 Å². The van der Waals surface area contributed by atoms with Crippen molar-refractivity contribution in [1.82, 2.24) is 19.9 Å². The van der Waals surface area contributed by atoms with E-state index in [1.165, 1.54) is 25.7 Å². The molecule has 2 aliphatic carbocycles. The van der Waals surface area contributed by atoms with Crippen LogP contribution in [0.4, 0.5) is 6.01 Å². The minimum Gasteiger partial charge on any atom is -0.493 e. The van der Waals surface area contributed by atoms with E-state index in [2.05, 4.69) is 24.8 Å². The lowest BCUT2D eigenvalue weighted by Gasteiger charge is -2.59. The van der Waals surface area contributed by atoms with Crippen LogP contribution >= 0.6 is 0 Å². The van der Waals surface area contributed by atoms with Gasteiger partial charge < -0.3 is 14.2 Å². The van der Waals surface area contributed by atoms with Gasteiger partial charge in [0.1, 0.15) is 12.4 Å². The van der Waals surface area contributed by atoms with Crippen LogP contribution in [0.25, 0.3) is 0 Å². The molecular weight excluding hydrogens is 370 g/mol. The molecule has 5 atom stereocenters. The van der Waals surface area contributed by atoms with E-state index in [0.717, 1.165) is 31.8 Å². The van der Waals surface area contributed by atoms with Crippen molar-refractivity contribution in [2.45, 2.75) is 56.7 Å². The van der Waals surface area contributed by atoms with E-state index in [1.54, 1.807) is 0 Å². The second-order valence-electron chi connectivity index (χ2n) is 9.90. The first-order valence-electron chi connectivity index (χ1n) is 11.1. The van der Waals surface area contributed by atoms with Crippen molar-refractivity contribution in [2.24, 2.45) is 17.8 Å². The number of aromatic nitrogens is 2. The summed E-state index contributed by atoms with van der Waals surface area (Å²) in [5, 5.41) is 3.91. The van der Waals surface area contributed by atoms with Gasteiger partial charge in [0, 0.05) is 37.3 Å². The van der Waals surface area contributed by atoms with Crippen LogP contribution in [0, 0.1) is 24.7 Å². The molecule has 2 saturated carbocycles. The third-order valence-electron chi connectivity index (χ3n) is 8.54. The van der Waals surface area contributed by atoms with Crippen molar-refractivity contribution in [2.75, 3.05) is 31.1 Å². The zero-order chi connectivity index (χ0) is 19.3. The Morgan fingerprint density at radius 3 is 2.62 bits per heavy atom. The van der Waals surface area contributed by atoms with Gasteiger partial charge in [-0.15, -0.1) is 0 Å². The van der Waals surface area contributed by atoms with Crippen molar-refractivity contribution in [3.63, 3.8) is 0 Å². The van der Waals surface area contributed by atoms with Crippen LogP contribution in [0.15, 0.2) is 16.5 Å². The molecule has 3 saturated heterocycles. The number of hydrogen-bond donors (Lipinski definition) is 0. The molecule has 0 N–H and O–H groups in total. The Bertz CT molecular complexity index is 890. The lowest BCUT2D eigenvalue weighted by Crippen LogP contribution is -2.66. The van der Waals surface area contributed by atoms with Gasteiger partial charge in [-0.05, 0) is 50.9 Å². The molecule has 1 spiro atoms. The fourth-order valence-electron chi connectivity index (χ4n) is 6.57. The van der Waals surface area contributed by atoms with E-state index < -0.39 is 0 Å². The minimum atomic E-state index is 0.228. The minimum absolute atomic E-state index is 0.228. The van der Waals surface area contributed by atoms with Crippen LogP contribution in [0.3, 0.4) is 0 Å². The predicted octanol–water partition coefficient (Wildman–Crippen LogP) is 1.53. The lowest BCUT2D eigenvalue weighted by molar-refractivity contribution is -0.158. The normalized spacial score (nSPS) is 38.9. The summed E-state index contributed by atoms with van der Waals surface area (Å²) in [6.07, 6.45) is 8.06. The number of likely N-dealkylation sites (tertiary alicyclic amines) is 2. The number of piperidine rings is 1. The van der Waals surface area contributed by atoms with Crippen molar-refractivity contribution in [3.05, 3.63) is 17.8 Å². The van der Waals surface area contributed by atoms with E-state index in [9.17, 15) is 4.79 Å². The summed E-state index contributed by atoms with van der Waals surface area (Å²) in [4.78, 5) is 24.3. The van der Waals surface area contributed by atoms with Crippen LogP contribution in [0.1, 0.15) is 37.9 Å². The zero-order valence-electron chi connectivity index (χ0n) is 16.8. The standard InChI is InChI=1S/C21H27N5O3/c1-12-22-20(29-23-12)25-10-17-16(7-13(25)11-28-17)24-8-14-15(9-24)18(14)19(27)26-6-5-21(26)3-2-4-21/h10,13-16,18H,2-9,11H2,1H3/t13?,14-,15+,16?,18+. The van der Waals surface area contributed by atoms with Crippen molar-refractivity contribution in [1.29, 1.82) is 0 Å². The number of amides is 1. The Morgan fingerprint density at radius 1 is 1.24 bits per heavy atom. The molecule has 1 aromatic rings. The fraction of sp³-hybridized carbons (Fsp3) is 0.762. The first-order chi connectivity index (χ1) is 14.1. The Morgan fingerprint density at radius 2 is 2.07 bits per heavy atom. The highest BCUT2D eigenvalue weighted by Gasteiger charge is 2.64. The molecule has 2 unspecified atom stereocenters. The van der Waals surface area contributed by atoms with Gasteiger partial charge in [0.15, 0.2) is 5.82 Å². The summed E-state index contributed by atoms with van der Waals surface area (Å²) >= 11 is 0. The molecule has 6 heterocycles. The van der Waals surface area contributed by atoms with Gasteiger partial charge in [-0.25, -0.2) is 0 Å². The van der Waals surface area contributed by atoms with Gasteiger partial charge in [-0.2, -0.15) is 4.98 Å². The molecule has 8 nitrogen and oxygen atoms in total. The topological polar surface area (TPSA) is 74.9 Å². The average molecular weight is 397 g/mol. The number of fused-ring (bicyclic) bond motifs is 4. The molecule has 8 rings (SSSR count). The summed E-state index contributed by atoms with van der Waals surface area (Å²) in [5.41, 5.74) is 0.283. The third kappa shape index (κ3) is 2.21. The molecule has 5 aliphatic heterocycles.